The Morgan fingerprint density at radius 1 is 1.36 bits per heavy atom. The summed E-state index contributed by atoms with van der Waals surface area (Å²) in [4.78, 5) is 14.9. The number of nitrogens with one attached hydrogen (secondary N) is 1. The highest BCUT2D eigenvalue weighted by Gasteiger charge is 2.59. The second-order valence-electron chi connectivity index (χ2n) is 6.92. The van der Waals surface area contributed by atoms with Crippen molar-refractivity contribution in [3.05, 3.63) is 23.8 Å². The van der Waals surface area contributed by atoms with E-state index in [4.69, 9.17) is 31.2 Å². The van der Waals surface area contributed by atoms with Crippen molar-refractivity contribution in [1.29, 1.82) is 0 Å². The number of carbonyl (C=O) groups is 1. The van der Waals surface area contributed by atoms with Crippen molar-refractivity contribution in [3.63, 3.8) is 0 Å². The zero-order chi connectivity index (χ0) is 20.3. The van der Waals surface area contributed by atoms with E-state index in [2.05, 4.69) is 5.32 Å². The van der Waals surface area contributed by atoms with Gasteiger partial charge in [-0.1, -0.05) is 12.1 Å². The van der Waals surface area contributed by atoms with Crippen molar-refractivity contribution in [3.8, 4) is 11.5 Å². The second kappa shape index (κ2) is 8.53. The van der Waals surface area contributed by atoms with Crippen LogP contribution in [0.25, 0.3) is 0 Å². The van der Waals surface area contributed by atoms with Crippen molar-refractivity contribution in [2.24, 2.45) is 5.92 Å². The van der Waals surface area contributed by atoms with Crippen LogP contribution in [0, 0.1) is 5.92 Å². The summed E-state index contributed by atoms with van der Waals surface area (Å²) in [6.45, 7) is 7.62. The van der Waals surface area contributed by atoms with Gasteiger partial charge < -0.3 is 29.2 Å². The third kappa shape index (κ3) is 3.51. The van der Waals surface area contributed by atoms with Crippen LogP contribution in [0.1, 0.15) is 38.8 Å². The van der Waals surface area contributed by atoms with Crippen LogP contribution >= 0.6 is 12.2 Å². The molecule has 1 fully saturated rings. The second-order valence-corrected chi connectivity index (χ2v) is 7.31. The average molecular weight is 409 g/mol. The van der Waals surface area contributed by atoms with Gasteiger partial charge in [0.25, 0.3) is 0 Å². The highest BCUT2D eigenvalue weighted by molar-refractivity contribution is 7.80. The molecule has 2 heterocycles. The Labute approximate surface area is 171 Å². The zero-order valence-electron chi connectivity index (χ0n) is 16.8. The molecular formula is C20H28N2O5S. The molecule has 0 unspecified atom stereocenters. The Balaban J connectivity index is 2.07. The fourth-order valence-electron chi connectivity index (χ4n) is 3.99. The molecule has 0 radical (unpaired) electrons. The molecular weight excluding hydrogens is 380 g/mol. The van der Waals surface area contributed by atoms with Gasteiger partial charge in [0.05, 0.1) is 19.3 Å². The number of ether oxygens (including phenoxy) is 4. The molecule has 1 saturated heterocycles. The van der Waals surface area contributed by atoms with E-state index in [9.17, 15) is 4.79 Å². The van der Waals surface area contributed by atoms with Crippen molar-refractivity contribution in [2.45, 2.75) is 39.0 Å². The predicted molar refractivity (Wildman–Crippen MR) is 108 cm³/mol. The number of para-hydroxylation sites is 1. The van der Waals surface area contributed by atoms with Crippen molar-refractivity contribution >= 4 is 23.3 Å². The fraction of sp³-hybridized carbons (Fsp3) is 0.600. The summed E-state index contributed by atoms with van der Waals surface area (Å²) in [6, 6.07) is 5.36. The minimum absolute atomic E-state index is 0.304. The standard InChI is InChI=1S/C20H28N2O5S/c1-5-25-14-10-7-9-13-16-15(18(23)26-6-2)20(3,27-17(13)14)22(19(28)21-16)11-8-12-24-4/h7,9-10,15-16H,5-6,8,11-12H2,1-4H3,(H,21,28)/t15-,16+,20+/m0/s1. The molecule has 0 aliphatic carbocycles. The topological polar surface area (TPSA) is 69.3 Å². The van der Waals surface area contributed by atoms with Crippen LogP contribution in [-0.2, 0) is 14.3 Å². The van der Waals surface area contributed by atoms with Gasteiger partial charge in [-0.15, -0.1) is 0 Å². The Morgan fingerprint density at radius 2 is 2.14 bits per heavy atom. The van der Waals surface area contributed by atoms with E-state index in [-0.39, 0.29) is 12.0 Å². The minimum Gasteiger partial charge on any atom is -0.490 e. The summed E-state index contributed by atoms with van der Waals surface area (Å²) < 4.78 is 22.9. The van der Waals surface area contributed by atoms with E-state index >= 15 is 0 Å². The van der Waals surface area contributed by atoms with E-state index in [1.54, 1.807) is 14.0 Å². The molecule has 2 aliphatic rings. The Kier molecular flexibility index (Phi) is 6.30. The molecule has 0 aromatic heterocycles. The van der Waals surface area contributed by atoms with Gasteiger partial charge >= 0.3 is 5.97 Å². The predicted octanol–water partition coefficient (Wildman–Crippen LogP) is 2.64. The van der Waals surface area contributed by atoms with Crippen molar-refractivity contribution < 1.29 is 23.7 Å². The molecule has 1 N–H and O–H groups in total. The monoisotopic (exact) mass is 408 g/mol. The quantitative estimate of drug-likeness (QED) is 0.400. The number of esters is 1. The van der Waals surface area contributed by atoms with Gasteiger partial charge in [-0.3, -0.25) is 4.79 Å². The lowest BCUT2D eigenvalue weighted by molar-refractivity contribution is -0.175. The largest absolute Gasteiger partial charge is 0.490 e. The van der Waals surface area contributed by atoms with Gasteiger partial charge in [-0.05, 0) is 45.5 Å². The lowest BCUT2D eigenvalue weighted by Crippen LogP contribution is -2.71. The van der Waals surface area contributed by atoms with Crippen molar-refractivity contribution in [2.75, 3.05) is 33.5 Å². The van der Waals surface area contributed by atoms with Gasteiger partial charge in [-0.25, -0.2) is 0 Å². The SMILES string of the molecule is CCOC(=O)[C@@H]1[C@@H]2NC(=S)N(CCCOC)[C@]1(C)Oc1c(OCC)cccc12. The van der Waals surface area contributed by atoms with Gasteiger partial charge in [0.15, 0.2) is 22.3 Å². The third-order valence-corrected chi connectivity index (χ3v) is 5.53. The van der Waals surface area contributed by atoms with E-state index in [1.165, 1.54) is 0 Å². The van der Waals surface area contributed by atoms with Crippen LogP contribution in [0.5, 0.6) is 11.5 Å². The van der Waals surface area contributed by atoms with Gasteiger partial charge in [-0.2, -0.15) is 0 Å². The van der Waals surface area contributed by atoms with Crippen LogP contribution in [0.3, 0.4) is 0 Å². The number of benzene rings is 1. The Hall–Kier alpha value is -2.06. The zero-order valence-corrected chi connectivity index (χ0v) is 17.6. The number of nitrogens with zero attached hydrogens (tertiary/aromatic N) is 1. The van der Waals surface area contributed by atoms with E-state index in [0.29, 0.717) is 43.0 Å². The first-order chi connectivity index (χ1) is 13.5. The van der Waals surface area contributed by atoms with E-state index in [0.717, 1.165) is 12.0 Å². The lowest BCUT2D eigenvalue weighted by Gasteiger charge is -2.55. The first-order valence-electron chi connectivity index (χ1n) is 9.66. The molecule has 1 aromatic rings. The molecule has 0 saturated carbocycles. The summed E-state index contributed by atoms with van der Waals surface area (Å²) >= 11 is 5.63. The summed E-state index contributed by atoms with van der Waals surface area (Å²) in [6.07, 6.45) is 0.747. The molecule has 2 bridgehead atoms. The summed E-state index contributed by atoms with van der Waals surface area (Å²) in [7, 11) is 1.66. The van der Waals surface area contributed by atoms with Crippen LogP contribution in [0.15, 0.2) is 18.2 Å². The number of hydrogen-bond acceptors (Lipinski definition) is 6. The van der Waals surface area contributed by atoms with Crippen molar-refractivity contribution in [1.82, 2.24) is 10.2 Å². The number of rotatable bonds is 8. The average Bonchev–Trinajstić information content (AvgIpc) is 2.65. The fourth-order valence-corrected chi connectivity index (χ4v) is 4.39. The Bertz CT molecular complexity index is 743. The molecule has 8 heteroatoms. The highest BCUT2D eigenvalue weighted by atomic mass is 32.1. The molecule has 1 aromatic carbocycles. The lowest BCUT2D eigenvalue weighted by atomic mass is 9.79. The normalized spacial score (nSPS) is 25.4. The van der Waals surface area contributed by atoms with Crippen LogP contribution in [-0.4, -0.2) is 55.2 Å². The number of hydrogen-bond donors (Lipinski definition) is 1. The van der Waals surface area contributed by atoms with E-state index < -0.39 is 11.6 Å². The number of methoxy groups -OCH3 is 1. The molecule has 0 amide bonds. The summed E-state index contributed by atoms with van der Waals surface area (Å²) in [5, 5.41) is 3.90. The maximum Gasteiger partial charge on any atom is 0.317 e. The van der Waals surface area contributed by atoms with Gasteiger partial charge in [0.1, 0.15) is 5.92 Å². The van der Waals surface area contributed by atoms with Crippen LogP contribution in [0.2, 0.25) is 0 Å². The molecule has 28 heavy (non-hydrogen) atoms. The van der Waals surface area contributed by atoms with E-state index in [1.807, 2.05) is 36.9 Å². The highest BCUT2D eigenvalue weighted by Crippen LogP contribution is 2.51. The molecule has 3 atom stereocenters. The van der Waals surface area contributed by atoms with Crippen LogP contribution in [0.4, 0.5) is 0 Å². The molecule has 154 valence electrons. The smallest absolute Gasteiger partial charge is 0.317 e. The first-order valence-corrected chi connectivity index (χ1v) is 10.1. The molecule has 7 nitrogen and oxygen atoms in total. The number of fused-ring (bicyclic) bond motifs is 4. The number of thiocarbonyl (C=S) groups is 1. The van der Waals surface area contributed by atoms with Crippen LogP contribution < -0.4 is 14.8 Å². The molecule has 3 rings (SSSR count). The Morgan fingerprint density at radius 3 is 2.82 bits per heavy atom. The van der Waals surface area contributed by atoms with Gasteiger partial charge in [0.2, 0.25) is 0 Å². The maximum absolute atomic E-state index is 13.0. The van der Waals surface area contributed by atoms with Gasteiger partial charge in [0, 0.05) is 25.8 Å². The third-order valence-electron chi connectivity index (χ3n) is 5.19. The first kappa shape index (κ1) is 20.7. The summed E-state index contributed by atoms with van der Waals surface area (Å²) in [5.74, 6) is 0.411. The maximum atomic E-state index is 13.0. The number of carbonyl (C=O) groups excluding carboxylic acids is 1. The minimum atomic E-state index is -0.993. The summed E-state index contributed by atoms with van der Waals surface area (Å²) in [5.41, 5.74) is -0.145. The molecule has 0 spiro atoms. The molecule has 2 aliphatic heterocycles.